The van der Waals surface area contributed by atoms with Crippen LogP contribution in [0.4, 0.5) is 0 Å². The van der Waals surface area contributed by atoms with Gasteiger partial charge in [0.05, 0.1) is 0 Å². The van der Waals surface area contributed by atoms with E-state index in [1.165, 1.54) is 59.1 Å². The van der Waals surface area contributed by atoms with Crippen molar-refractivity contribution in [3.8, 4) is 11.5 Å². The fraction of sp³-hybridized carbons (Fsp3) is 0.390. The van der Waals surface area contributed by atoms with Crippen LogP contribution in [0.25, 0.3) is 0 Å². The number of hydrogen-bond donors (Lipinski definition) is 2. The Labute approximate surface area is 279 Å². The van der Waals surface area contributed by atoms with Gasteiger partial charge in [0.25, 0.3) is 0 Å². The average Bonchev–Trinajstić information content (AvgIpc) is 3.12. The molecule has 5 aliphatic rings. The molecule has 6 nitrogen and oxygen atoms in total. The van der Waals surface area contributed by atoms with Gasteiger partial charge in [0, 0.05) is 50.6 Å². The Bertz CT molecular complexity index is 1530. The quantitative estimate of drug-likeness (QED) is 0.214. The highest BCUT2D eigenvalue weighted by molar-refractivity contribution is 5.73. The van der Waals surface area contributed by atoms with Gasteiger partial charge in [-0.15, -0.1) is 0 Å². The van der Waals surface area contributed by atoms with Gasteiger partial charge in [0.2, 0.25) is 5.91 Å². The van der Waals surface area contributed by atoms with E-state index in [4.69, 9.17) is 9.47 Å². The number of piperidine rings is 1. The van der Waals surface area contributed by atoms with Crippen LogP contribution in [0.5, 0.6) is 11.5 Å². The molecule has 4 aromatic rings. The molecule has 244 valence electrons. The molecule has 1 aliphatic carbocycles. The van der Waals surface area contributed by atoms with Crippen molar-refractivity contribution in [2.45, 2.75) is 89.3 Å². The molecule has 0 aromatic heterocycles. The Hall–Kier alpha value is -4.13. The van der Waals surface area contributed by atoms with Crippen LogP contribution >= 0.6 is 0 Å². The highest BCUT2D eigenvalue weighted by atomic mass is 16.5. The topological polar surface area (TPSA) is 62.8 Å². The number of benzene rings is 4. The van der Waals surface area contributed by atoms with Gasteiger partial charge in [-0.05, 0) is 83.3 Å². The summed E-state index contributed by atoms with van der Waals surface area (Å²) in [6, 6.07) is 35.4. The second-order valence-corrected chi connectivity index (χ2v) is 13.5. The number of nitrogens with one attached hydrogen (secondary N) is 2. The Morgan fingerprint density at radius 3 is 1.49 bits per heavy atom. The number of rotatable bonds is 0. The number of ether oxygens (including phenoxy) is 2. The molecule has 2 atom stereocenters. The molecular weight excluding hydrogens is 582 g/mol. The molecule has 6 heteroatoms. The lowest BCUT2D eigenvalue weighted by Gasteiger charge is -2.42. The number of fused-ring (bicyclic) bond motifs is 2. The summed E-state index contributed by atoms with van der Waals surface area (Å²) in [5.74, 6) is 1.88. The fourth-order valence-electron chi connectivity index (χ4n) is 7.85. The van der Waals surface area contributed by atoms with E-state index in [-0.39, 0.29) is 11.3 Å². The second kappa shape index (κ2) is 14.3. The van der Waals surface area contributed by atoms with E-state index < -0.39 is 0 Å². The summed E-state index contributed by atoms with van der Waals surface area (Å²) in [4.78, 5) is 14.2. The summed E-state index contributed by atoms with van der Waals surface area (Å²) < 4.78 is 12.8. The second-order valence-electron chi connectivity index (χ2n) is 13.5. The highest BCUT2D eigenvalue weighted by Gasteiger charge is 2.38. The first kappa shape index (κ1) is 31.5. The van der Waals surface area contributed by atoms with Crippen molar-refractivity contribution in [1.82, 2.24) is 15.5 Å². The van der Waals surface area contributed by atoms with Crippen molar-refractivity contribution >= 4 is 5.91 Å². The Morgan fingerprint density at radius 1 is 0.638 bits per heavy atom. The van der Waals surface area contributed by atoms with Crippen LogP contribution in [0.3, 0.4) is 0 Å². The SMILES string of the molecule is CC(=O)N1CCC2(CC1)c1ccc(cc1)OCc1ccccc1CN[C@@H]1CCCC[C@H]1NCc1ccccc1COc1ccc2cc1. The maximum absolute atomic E-state index is 12.2. The largest absolute Gasteiger partial charge is 0.489 e. The molecular formula is C41H47N3O3. The molecule has 0 unspecified atom stereocenters. The summed E-state index contributed by atoms with van der Waals surface area (Å²) in [5.41, 5.74) is 7.32. The highest BCUT2D eigenvalue weighted by Crippen LogP contribution is 2.43. The lowest BCUT2D eigenvalue weighted by atomic mass is 9.68. The van der Waals surface area contributed by atoms with Gasteiger partial charge in [-0.3, -0.25) is 4.79 Å². The molecule has 4 bridgehead atoms. The van der Waals surface area contributed by atoms with Gasteiger partial charge in [-0.1, -0.05) is 85.6 Å². The minimum atomic E-state index is -0.189. The van der Waals surface area contributed by atoms with Crippen LogP contribution in [-0.2, 0) is 36.5 Å². The van der Waals surface area contributed by atoms with Crippen LogP contribution in [0.2, 0.25) is 0 Å². The lowest BCUT2D eigenvalue weighted by molar-refractivity contribution is -0.130. The smallest absolute Gasteiger partial charge is 0.219 e. The summed E-state index contributed by atoms with van der Waals surface area (Å²) in [6.07, 6.45) is 6.62. The molecule has 9 rings (SSSR count). The molecule has 2 fully saturated rings. The van der Waals surface area contributed by atoms with Crippen LogP contribution < -0.4 is 20.1 Å². The summed E-state index contributed by atoms with van der Waals surface area (Å²) in [7, 11) is 0. The average molecular weight is 630 g/mol. The number of likely N-dealkylation sites (tertiary alicyclic amines) is 1. The van der Waals surface area contributed by atoms with Crippen molar-refractivity contribution in [1.29, 1.82) is 0 Å². The summed E-state index contributed by atoms with van der Waals surface area (Å²) in [5, 5.41) is 7.83. The van der Waals surface area contributed by atoms with E-state index in [9.17, 15) is 4.79 Å². The molecule has 0 radical (unpaired) electrons. The first-order chi connectivity index (χ1) is 23.1. The monoisotopic (exact) mass is 629 g/mol. The van der Waals surface area contributed by atoms with E-state index in [1.807, 2.05) is 4.90 Å². The van der Waals surface area contributed by atoms with Gasteiger partial charge in [-0.2, -0.15) is 0 Å². The zero-order chi connectivity index (χ0) is 32.1. The molecule has 1 saturated heterocycles. The normalized spacial score (nSPS) is 21.5. The third kappa shape index (κ3) is 7.09. The van der Waals surface area contributed by atoms with Gasteiger partial charge in [0.1, 0.15) is 24.7 Å². The van der Waals surface area contributed by atoms with E-state index in [0.717, 1.165) is 50.5 Å². The maximum Gasteiger partial charge on any atom is 0.219 e. The van der Waals surface area contributed by atoms with Crippen molar-refractivity contribution in [2.24, 2.45) is 0 Å². The third-order valence-corrected chi connectivity index (χ3v) is 10.8. The van der Waals surface area contributed by atoms with Crippen LogP contribution in [0.15, 0.2) is 97.1 Å². The van der Waals surface area contributed by atoms with Gasteiger partial charge in [-0.25, -0.2) is 0 Å². The number of carbonyl (C=O) groups is 1. The molecule has 4 heterocycles. The molecule has 1 spiro atoms. The maximum atomic E-state index is 12.2. The van der Waals surface area contributed by atoms with Gasteiger partial charge >= 0.3 is 0 Å². The Morgan fingerprint density at radius 2 is 1.06 bits per heavy atom. The summed E-state index contributed by atoms with van der Waals surface area (Å²) >= 11 is 0. The molecule has 1 amide bonds. The Kier molecular flexibility index (Phi) is 9.59. The first-order valence-corrected chi connectivity index (χ1v) is 17.4. The van der Waals surface area contributed by atoms with Crippen LogP contribution in [-0.4, -0.2) is 36.0 Å². The number of nitrogens with zero attached hydrogens (tertiary/aromatic N) is 1. The number of hydrogen-bond acceptors (Lipinski definition) is 5. The first-order valence-electron chi connectivity index (χ1n) is 17.4. The predicted octanol–water partition coefficient (Wildman–Crippen LogP) is 7.28. The van der Waals surface area contributed by atoms with Crippen molar-refractivity contribution < 1.29 is 14.3 Å². The van der Waals surface area contributed by atoms with Crippen molar-refractivity contribution in [2.75, 3.05) is 13.1 Å². The van der Waals surface area contributed by atoms with Gasteiger partial charge in [0.15, 0.2) is 0 Å². The van der Waals surface area contributed by atoms with E-state index in [1.54, 1.807) is 6.92 Å². The standard InChI is InChI=1S/C41H47N3O3/c1-30(45)44-24-22-41(23-25-44)35-14-18-37(19-15-35)46-28-33-10-4-2-8-31(33)26-42-39-12-6-7-13-40(39)43-27-32-9-3-5-11-34(32)29-47-38-20-16-36(41)17-21-38/h2-5,8-11,14-21,39-40,42-43H,6-7,12-13,22-29H2,1H3/t39-,40-/m1/s1. The number of amides is 1. The molecule has 4 aliphatic heterocycles. The Balaban J connectivity index is 1.21. The zero-order valence-corrected chi connectivity index (χ0v) is 27.5. The van der Waals surface area contributed by atoms with Crippen LogP contribution in [0.1, 0.15) is 78.8 Å². The van der Waals surface area contributed by atoms with Crippen molar-refractivity contribution in [3.63, 3.8) is 0 Å². The van der Waals surface area contributed by atoms with E-state index >= 15 is 0 Å². The van der Waals surface area contributed by atoms with Crippen LogP contribution in [0, 0.1) is 0 Å². The predicted molar refractivity (Wildman–Crippen MR) is 186 cm³/mol. The van der Waals surface area contributed by atoms with Gasteiger partial charge < -0.3 is 25.0 Å². The molecule has 47 heavy (non-hydrogen) atoms. The lowest BCUT2D eigenvalue weighted by Crippen LogP contribution is -2.49. The van der Waals surface area contributed by atoms with E-state index in [0.29, 0.717) is 25.3 Å². The van der Waals surface area contributed by atoms with Crippen molar-refractivity contribution in [3.05, 3.63) is 130 Å². The minimum Gasteiger partial charge on any atom is -0.489 e. The molecule has 2 N–H and O–H groups in total. The zero-order valence-electron chi connectivity index (χ0n) is 27.5. The summed E-state index contributed by atoms with van der Waals surface area (Å²) in [6.45, 7) is 5.85. The molecule has 4 aromatic carbocycles. The fourth-order valence-corrected chi connectivity index (χ4v) is 7.85. The molecule has 1 saturated carbocycles. The number of carbonyl (C=O) groups excluding carboxylic acids is 1. The van der Waals surface area contributed by atoms with E-state index in [2.05, 4.69) is 108 Å². The third-order valence-electron chi connectivity index (χ3n) is 10.8. The minimum absolute atomic E-state index is 0.145.